The molecule has 12 nitrogen and oxygen atoms in total. The minimum absolute atomic E-state index is 0. The van der Waals surface area contributed by atoms with E-state index < -0.39 is 45.0 Å². The fourth-order valence-corrected chi connectivity index (χ4v) is 7.71. The quantitative estimate of drug-likeness (QED) is 0.143. The Bertz CT molecular complexity index is 2670. The number of hydrogen-bond acceptors (Lipinski definition) is 12. The summed E-state index contributed by atoms with van der Waals surface area (Å²) in [4.78, 5) is 121. The van der Waals surface area contributed by atoms with Crippen molar-refractivity contribution in [3.63, 3.8) is 0 Å². The van der Waals surface area contributed by atoms with E-state index in [1.807, 2.05) is 0 Å². The summed E-state index contributed by atoms with van der Waals surface area (Å²) in [5.74, 6) is -6.45. The summed E-state index contributed by atoms with van der Waals surface area (Å²) in [7, 11) is 0. The number of ketones is 10. The van der Waals surface area contributed by atoms with Crippen LogP contribution >= 0.6 is 0 Å². The molecule has 0 bridgehead atoms. The number of aliphatic hydroxyl groups is 1. The smallest absolute Gasteiger partial charge is 0.871 e. The molecule has 4 aliphatic rings. The minimum atomic E-state index is -1.13. The van der Waals surface area contributed by atoms with Gasteiger partial charge in [-0.2, -0.15) is 0 Å². The largest absolute Gasteiger partial charge is 1.00 e. The van der Waals surface area contributed by atoms with Crippen LogP contribution in [0.1, 0.15) is 156 Å². The van der Waals surface area contributed by atoms with Crippen LogP contribution < -0.4 is 34.7 Å². The van der Waals surface area contributed by atoms with Crippen LogP contribution in [-0.2, 0) is 19.2 Å². The van der Waals surface area contributed by atoms with Gasteiger partial charge in [0.05, 0.1) is 5.57 Å². The van der Waals surface area contributed by atoms with Gasteiger partial charge in [-0.1, -0.05) is 186 Å². The van der Waals surface area contributed by atoms with Gasteiger partial charge in [-0.05, 0) is 5.56 Å². The molecular formula is C56H55NaO12. The molecule has 0 saturated carbocycles. The van der Waals surface area contributed by atoms with E-state index in [1.165, 1.54) is 0 Å². The van der Waals surface area contributed by atoms with Crippen LogP contribution in [0.2, 0.25) is 0 Å². The molecule has 0 atom stereocenters. The van der Waals surface area contributed by atoms with Gasteiger partial charge in [0.25, 0.3) is 0 Å². The first-order valence-corrected chi connectivity index (χ1v) is 22.0. The molecule has 0 heterocycles. The zero-order chi connectivity index (χ0) is 51.2. The Balaban J connectivity index is 0.000000199. The maximum absolute atomic E-state index is 12.1. The molecule has 69 heavy (non-hydrogen) atoms. The SMILES string of the molecule is CC(C)(C)C(=O)C1=C(O)c2ccccc2C1=O.CC(C)(C)C(=O)C1=C([O-])c2ccccc2C1=O.CC(C)(C)C(=O)C1C(=O)c2ccccc2C1=O.CC(C)(C)C(=O)C1C(=O)c2ccccc2C1=O.[Na+]. The third kappa shape index (κ3) is 10.9. The molecule has 0 saturated heterocycles. The van der Waals surface area contributed by atoms with E-state index in [-0.39, 0.29) is 98.5 Å². The van der Waals surface area contributed by atoms with E-state index in [1.54, 1.807) is 180 Å². The number of carbonyl (C=O) groups excluding carboxylic acids is 10. The summed E-state index contributed by atoms with van der Waals surface area (Å²) >= 11 is 0. The Morgan fingerprint density at radius 2 is 0.638 bits per heavy atom. The number of fused-ring (bicyclic) bond motifs is 4. The Morgan fingerprint density at radius 1 is 0.391 bits per heavy atom. The van der Waals surface area contributed by atoms with Crippen molar-refractivity contribution in [2.75, 3.05) is 0 Å². The van der Waals surface area contributed by atoms with Crippen molar-refractivity contribution >= 4 is 69.4 Å². The fraction of sp³-hybridized carbons (Fsp3) is 0.321. The topological polar surface area (TPSA) is 214 Å². The number of Topliss-reactive ketones (excluding diaryl/α,β-unsaturated/α-hetero) is 10. The Hall–Kier alpha value is -6.34. The molecule has 0 unspecified atom stereocenters. The Labute approximate surface area is 424 Å². The number of rotatable bonds is 4. The van der Waals surface area contributed by atoms with Crippen LogP contribution in [0.4, 0.5) is 0 Å². The first-order chi connectivity index (χ1) is 31.3. The van der Waals surface area contributed by atoms with Crippen LogP contribution in [0.15, 0.2) is 108 Å². The van der Waals surface area contributed by atoms with Gasteiger partial charge < -0.3 is 10.2 Å². The fourth-order valence-electron chi connectivity index (χ4n) is 7.71. The Kier molecular flexibility index (Phi) is 16.3. The van der Waals surface area contributed by atoms with Gasteiger partial charge in [-0.25, -0.2) is 0 Å². The van der Waals surface area contributed by atoms with Gasteiger partial charge in [0.1, 0.15) is 23.2 Å². The van der Waals surface area contributed by atoms with E-state index in [0.717, 1.165) is 0 Å². The summed E-state index contributed by atoms with van der Waals surface area (Å²) < 4.78 is 0. The molecule has 4 aliphatic carbocycles. The first-order valence-electron chi connectivity index (χ1n) is 22.0. The number of aliphatic hydroxyl groups excluding tert-OH is 1. The Morgan fingerprint density at radius 3 is 0.913 bits per heavy atom. The van der Waals surface area contributed by atoms with Crippen LogP contribution in [-0.4, -0.2) is 62.9 Å². The van der Waals surface area contributed by atoms with Crippen LogP contribution in [0, 0.1) is 33.5 Å². The molecule has 0 aliphatic heterocycles. The van der Waals surface area contributed by atoms with Crippen molar-refractivity contribution < 1.29 is 87.7 Å². The number of benzene rings is 4. The van der Waals surface area contributed by atoms with Crippen molar-refractivity contribution in [3.05, 3.63) is 153 Å². The maximum atomic E-state index is 12.1. The predicted octanol–water partition coefficient (Wildman–Crippen LogP) is 5.93. The summed E-state index contributed by atoms with van der Waals surface area (Å²) in [6.45, 7) is 20.6. The van der Waals surface area contributed by atoms with Gasteiger partial charge in [0.15, 0.2) is 52.0 Å². The summed E-state index contributed by atoms with van der Waals surface area (Å²) in [5, 5.41) is 22.0. The summed E-state index contributed by atoms with van der Waals surface area (Å²) in [5.41, 5.74) is -0.0181. The van der Waals surface area contributed by atoms with Gasteiger partial charge in [-0.15, -0.1) is 0 Å². The van der Waals surface area contributed by atoms with Gasteiger partial charge >= 0.3 is 29.6 Å². The third-order valence-electron chi connectivity index (χ3n) is 11.5. The van der Waals surface area contributed by atoms with Crippen LogP contribution in [0.5, 0.6) is 0 Å². The van der Waals surface area contributed by atoms with Crippen molar-refractivity contribution in [1.82, 2.24) is 0 Å². The third-order valence-corrected chi connectivity index (χ3v) is 11.5. The molecule has 0 radical (unpaired) electrons. The van der Waals surface area contributed by atoms with E-state index in [2.05, 4.69) is 0 Å². The van der Waals surface area contributed by atoms with E-state index in [9.17, 15) is 58.2 Å². The monoisotopic (exact) mass is 942 g/mol. The van der Waals surface area contributed by atoms with Crippen LogP contribution in [0.3, 0.4) is 0 Å². The minimum Gasteiger partial charge on any atom is -0.871 e. The van der Waals surface area contributed by atoms with Crippen LogP contribution in [0.25, 0.3) is 11.5 Å². The second-order valence-electron chi connectivity index (χ2n) is 21.0. The summed E-state index contributed by atoms with van der Waals surface area (Å²) in [6, 6.07) is 26.5. The zero-order valence-corrected chi connectivity index (χ0v) is 43.3. The van der Waals surface area contributed by atoms with Gasteiger partial charge in [0, 0.05) is 60.6 Å². The summed E-state index contributed by atoms with van der Waals surface area (Å²) in [6.07, 6.45) is 0. The molecule has 13 heteroatoms. The first kappa shape index (κ1) is 55.3. The average Bonchev–Trinajstić information content (AvgIpc) is 3.88. The molecule has 4 aromatic rings. The molecule has 0 aromatic heterocycles. The predicted molar refractivity (Wildman–Crippen MR) is 253 cm³/mol. The van der Waals surface area contributed by atoms with E-state index in [0.29, 0.717) is 44.5 Å². The molecular weight excluding hydrogens is 888 g/mol. The van der Waals surface area contributed by atoms with Gasteiger partial charge in [-0.3, -0.25) is 47.9 Å². The van der Waals surface area contributed by atoms with Crippen molar-refractivity contribution in [2.24, 2.45) is 33.5 Å². The molecule has 1 N–H and O–H groups in total. The van der Waals surface area contributed by atoms with Crippen molar-refractivity contribution in [3.8, 4) is 0 Å². The van der Waals surface area contributed by atoms with E-state index in [4.69, 9.17) is 0 Å². The number of allylic oxidation sites excluding steroid dienone is 2. The second kappa shape index (κ2) is 20.3. The van der Waals surface area contributed by atoms with Gasteiger partial charge in [0.2, 0.25) is 5.78 Å². The zero-order valence-electron chi connectivity index (χ0n) is 41.3. The normalized spacial score (nSPS) is 15.4. The molecule has 4 aromatic carbocycles. The van der Waals surface area contributed by atoms with Crippen molar-refractivity contribution in [1.29, 1.82) is 0 Å². The average molecular weight is 943 g/mol. The molecule has 8 rings (SSSR count). The standard InChI is InChI=1S/4C14H14O3.Na/c4*1-14(2,3)13(17)10-11(15)8-6-4-5-7-9(8)12(10)16;/h2*4-7,15H,1-3H3;2*4-7,10H,1-3H3;/q;;;;+1/p-1. The molecule has 0 spiro atoms. The van der Waals surface area contributed by atoms with Crippen molar-refractivity contribution in [2.45, 2.75) is 83.1 Å². The number of carbonyl (C=O) groups is 10. The second-order valence-corrected chi connectivity index (χ2v) is 21.0. The number of hydrogen-bond donors (Lipinski definition) is 1. The molecule has 352 valence electrons. The molecule has 0 amide bonds. The molecule has 0 fully saturated rings. The maximum Gasteiger partial charge on any atom is 1.00 e. The van der Waals surface area contributed by atoms with E-state index >= 15 is 0 Å².